The highest BCUT2D eigenvalue weighted by Crippen LogP contribution is 2.33. The number of nitrogens with zero attached hydrogens (tertiary/aromatic N) is 1. The maximum Gasteiger partial charge on any atom is 0.229 e. The van der Waals surface area contributed by atoms with Crippen LogP contribution in [0.15, 0.2) is 18.2 Å². The zero-order valence-corrected chi connectivity index (χ0v) is 11.5. The van der Waals surface area contributed by atoms with Crippen LogP contribution >= 0.6 is 0 Å². The van der Waals surface area contributed by atoms with Crippen molar-refractivity contribution in [2.24, 2.45) is 0 Å². The van der Waals surface area contributed by atoms with Gasteiger partial charge in [0.05, 0.1) is 37.6 Å². The monoisotopic (exact) mass is 278 g/mol. The second-order valence-electron chi connectivity index (χ2n) is 4.65. The van der Waals surface area contributed by atoms with Crippen LogP contribution in [0.2, 0.25) is 0 Å². The smallest absolute Gasteiger partial charge is 0.229 e. The Hall–Kier alpha value is -2.08. The molecule has 2 N–H and O–H groups in total. The fraction of sp³-hybridized carbons (Fsp3) is 0.429. The van der Waals surface area contributed by atoms with Crippen LogP contribution in [-0.2, 0) is 9.59 Å². The van der Waals surface area contributed by atoms with Gasteiger partial charge in [0.1, 0.15) is 5.75 Å². The molecular formula is C14H18N2O4. The number of amides is 2. The highest BCUT2D eigenvalue weighted by Gasteiger charge is 2.31. The fourth-order valence-electron chi connectivity index (χ4n) is 2.13. The molecule has 1 fully saturated rings. The highest BCUT2D eigenvalue weighted by atomic mass is 16.5. The number of ether oxygens (including phenoxy) is 1. The van der Waals surface area contributed by atoms with E-state index in [1.807, 2.05) is 0 Å². The molecule has 0 spiro atoms. The molecule has 1 saturated heterocycles. The highest BCUT2D eigenvalue weighted by molar-refractivity contribution is 6.02. The molecule has 20 heavy (non-hydrogen) atoms. The van der Waals surface area contributed by atoms with Crippen molar-refractivity contribution in [3.63, 3.8) is 0 Å². The van der Waals surface area contributed by atoms with Crippen molar-refractivity contribution in [3.05, 3.63) is 18.2 Å². The van der Waals surface area contributed by atoms with Crippen LogP contribution in [0.3, 0.4) is 0 Å². The summed E-state index contributed by atoms with van der Waals surface area (Å²) in [5.41, 5.74) is 1.09. The van der Waals surface area contributed by atoms with Crippen LogP contribution in [0.4, 0.5) is 11.4 Å². The Bertz CT molecular complexity index is 530. The van der Waals surface area contributed by atoms with Gasteiger partial charge in [0.15, 0.2) is 0 Å². The Morgan fingerprint density at radius 1 is 1.55 bits per heavy atom. The molecule has 0 radical (unpaired) electrons. The lowest BCUT2D eigenvalue weighted by molar-refractivity contribution is -0.118. The van der Waals surface area contributed by atoms with E-state index in [4.69, 9.17) is 4.74 Å². The molecule has 1 unspecified atom stereocenters. The Balaban J connectivity index is 2.37. The first kappa shape index (κ1) is 14.3. The summed E-state index contributed by atoms with van der Waals surface area (Å²) >= 11 is 0. The predicted molar refractivity (Wildman–Crippen MR) is 74.9 cm³/mol. The van der Waals surface area contributed by atoms with Crippen LogP contribution in [0.25, 0.3) is 0 Å². The van der Waals surface area contributed by atoms with Gasteiger partial charge in [-0.25, -0.2) is 0 Å². The van der Waals surface area contributed by atoms with Gasteiger partial charge >= 0.3 is 0 Å². The van der Waals surface area contributed by atoms with Crippen LogP contribution in [0.5, 0.6) is 5.75 Å². The third-order valence-corrected chi connectivity index (χ3v) is 3.20. The summed E-state index contributed by atoms with van der Waals surface area (Å²) in [5.74, 6) is 0.282. The molecule has 0 saturated carbocycles. The molecule has 1 heterocycles. The van der Waals surface area contributed by atoms with Gasteiger partial charge in [-0.1, -0.05) is 6.92 Å². The zero-order chi connectivity index (χ0) is 14.7. The summed E-state index contributed by atoms with van der Waals surface area (Å²) in [5, 5.41) is 12.3. The SMILES string of the molecule is CCC(=O)Nc1ccc(OC)cc1N1CC(O)CC1=O. The Labute approximate surface area is 117 Å². The lowest BCUT2D eigenvalue weighted by Crippen LogP contribution is -2.27. The van der Waals surface area contributed by atoms with Crippen LogP contribution in [0.1, 0.15) is 19.8 Å². The summed E-state index contributed by atoms with van der Waals surface area (Å²) in [6.45, 7) is 1.98. The van der Waals surface area contributed by atoms with E-state index in [1.54, 1.807) is 25.1 Å². The lowest BCUT2D eigenvalue weighted by atomic mass is 10.2. The van der Waals surface area contributed by atoms with Gasteiger partial charge < -0.3 is 20.1 Å². The minimum atomic E-state index is -0.677. The van der Waals surface area contributed by atoms with Crippen molar-refractivity contribution in [1.29, 1.82) is 0 Å². The number of carbonyl (C=O) groups is 2. The van der Waals surface area contributed by atoms with Gasteiger partial charge in [-0.15, -0.1) is 0 Å². The van der Waals surface area contributed by atoms with E-state index < -0.39 is 6.10 Å². The van der Waals surface area contributed by atoms with Crippen molar-refractivity contribution in [3.8, 4) is 5.75 Å². The third kappa shape index (κ3) is 2.91. The molecule has 1 aliphatic heterocycles. The number of carbonyl (C=O) groups excluding carboxylic acids is 2. The van der Waals surface area contributed by atoms with Crippen molar-refractivity contribution >= 4 is 23.2 Å². The number of methoxy groups -OCH3 is 1. The second-order valence-corrected chi connectivity index (χ2v) is 4.65. The van der Waals surface area contributed by atoms with Gasteiger partial charge in [-0.3, -0.25) is 9.59 Å². The first-order valence-electron chi connectivity index (χ1n) is 6.51. The zero-order valence-electron chi connectivity index (χ0n) is 11.5. The maximum atomic E-state index is 11.9. The number of hydrogen-bond donors (Lipinski definition) is 2. The minimum absolute atomic E-state index is 0.0956. The second kappa shape index (κ2) is 5.92. The Morgan fingerprint density at radius 2 is 2.30 bits per heavy atom. The molecule has 2 rings (SSSR count). The van der Waals surface area contributed by atoms with E-state index in [1.165, 1.54) is 12.0 Å². The number of aliphatic hydroxyl groups is 1. The summed E-state index contributed by atoms with van der Waals surface area (Å²) in [4.78, 5) is 24.9. The molecule has 6 heteroatoms. The average molecular weight is 278 g/mol. The molecular weight excluding hydrogens is 260 g/mol. The topological polar surface area (TPSA) is 78.9 Å². The molecule has 1 aromatic rings. The van der Waals surface area contributed by atoms with Crippen LogP contribution in [0, 0.1) is 0 Å². The molecule has 1 atom stereocenters. The van der Waals surface area contributed by atoms with Gasteiger partial charge in [0.2, 0.25) is 11.8 Å². The third-order valence-electron chi connectivity index (χ3n) is 3.20. The van der Waals surface area contributed by atoms with Gasteiger partial charge in [0, 0.05) is 12.5 Å². The van der Waals surface area contributed by atoms with E-state index in [0.717, 1.165) is 0 Å². The summed E-state index contributed by atoms with van der Waals surface area (Å²) < 4.78 is 5.15. The van der Waals surface area contributed by atoms with E-state index in [0.29, 0.717) is 23.5 Å². The number of anilines is 2. The number of benzene rings is 1. The number of β-amino-alcohol motifs (C(OH)–C–C–N with tert-alkyl or cyclic N) is 1. The summed E-state index contributed by atoms with van der Waals surface area (Å²) in [7, 11) is 1.53. The maximum absolute atomic E-state index is 11.9. The van der Waals surface area contributed by atoms with Crippen molar-refractivity contribution in [1.82, 2.24) is 0 Å². The van der Waals surface area contributed by atoms with Crippen LogP contribution < -0.4 is 15.0 Å². The van der Waals surface area contributed by atoms with Crippen LogP contribution in [-0.4, -0.2) is 36.7 Å². The summed E-state index contributed by atoms with van der Waals surface area (Å²) in [6.07, 6.45) is -0.233. The quantitative estimate of drug-likeness (QED) is 0.865. The molecule has 0 aromatic heterocycles. The van der Waals surface area contributed by atoms with E-state index in [9.17, 15) is 14.7 Å². The molecule has 0 bridgehead atoms. The van der Waals surface area contributed by atoms with Gasteiger partial charge in [0.25, 0.3) is 0 Å². The fourth-order valence-corrected chi connectivity index (χ4v) is 2.13. The number of hydrogen-bond acceptors (Lipinski definition) is 4. The van der Waals surface area contributed by atoms with Crippen molar-refractivity contribution < 1.29 is 19.4 Å². The van der Waals surface area contributed by atoms with Gasteiger partial charge in [-0.2, -0.15) is 0 Å². The summed E-state index contributed by atoms with van der Waals surface area (Å²) in [6, 6.07) is 5.09. The molecule has 1 aliphatic rings. The normalized spacial score (nSPS) is 18.2. The molecule has 6 nitrogen and oxygen atoms in total. The number of nitrogens with one attached hydrogen (secondary N) is 1. The first-order valence-corrected chi connectivity index (χ1v) is 6.51. The predicted octanol–water partition coefficient (Wildman–Crippen LogP) is 1.14. The number of aliphatic hydroxyl groups excluding tert-OH is 1. The Morgan fingerprint density at radius 3 is 2.85 bits per heavy atom. The largest absolute Gasteiger partial charge is 0.497 e. The molecule has 108 valence electrons. The molecule has 2 amide bonds. The lowest BCUT2D eigenvalue weighted by Gasteiger charge is -2.21. The number of rotatable bonds is 4. The average Bonchev–Trinajstić information content (AvgIpc) is 2.77. The van der Waals surface area contributed by atoms with E-state index in [-0.39, 0.29) is 24.8 Å². The molecule has 0 aliphatic carbocycles. The van der Waals surface area contributed by atoms with Crippen molar-refractivity contribution in [2.45, 2.75) is 25.9 Å². The standard InChI is InChI=1S/C14H18N2O4/c1-3-13(18)15-11-5-4-10(20-2)7-12(11)16-8-9(17)6-14(16)19/h4-5,7,9,17H,3,6,8H2,1-2H3,(H,15,18). The van der Waals surface area contributed by atoms with E-state index in [2.05, 4.69) is 5.32 Å². The Kier molecular flexibility index (Phi) is 4.24. The minimum Gasteiger partial charge on any atom is -0.497 e. The van der Waals surface area contributed by atoms with Crippen molar-refractivity contribution in [2.75, 3.05) is 23.9 Å². The first-order chi connectivity index (χ1) is 9.55. The van der Waals surface area contributed by atoms with Gasteiger partial charge in [-0.05, 0) is 12.1 Å². The van der Waals surface area contributed by atoms with E-state index >= 15 is 0 Å². The molecule has 1 aromatic carbocycles.